The molecule has 0 atom stereocenters. The molecule has 1 N–H and O–H groups in total. The summed E-state index contributed by atoms with van der Waals surface area (Å²) < 4.78 is 14.8. The molecule has 1 aromatic carbocycles. The molecule has 166 valence electrons. The molecule has 0 bridgehead atoms. The summed E-state index contributed by atoms with van der Waals surface area (Å²) in [5.74, 6) is -0.447. The van der Waals surface area contributed by atoms with Crippen LogP contribution in [-0.2, 0) is 9.63 Å². The van der Waals surface area contributed by atoms with Crippen LogP contribution in [0.1, 0.15) is 44.7 Å². The molecule has 1 fully saturated rings. The summed E-state index contributed by atoms with van der Waals surface area (Å²) in [6.07, 6.45) is 2.98. The summed E-state index contributed by atoms with van der Waals surface area (Å²) in [4.78, 5) is 23.6. The van der Waals surface area contributed by atoms with Crippen LogP contribution in [0.2, 0.25) is 0 Å². The average Bonchev–Trinajstić information content (AvgIpc) is 2.76. The molecule has 32 heavy (non-hydrogen) atoms. The highest BCUT2D eigenvalue weighted by Crippen LogP contribution is 2.36. The number of nitriles is 2. The number of aromatic nitrogens is 1. The molecule has 0 amide bonds. The molecule has 0 spiro atoms. The standard InChI is InChI=1S/C23H23BrFN5O2/c1-23(2,3)22(31)32-29-16-6-8-30(9-7-16)21-17(12-27)20(18(24)13-28-21)14-4-5-15(11-26)19(25)10-14/h4-5,10,13,16,29H,6-9H2,1-3H3. The van der Waals surface area contributed by atoms with Crippen molar-refractivity contribution in [3.05, 3.63) is 45.8 Å². The summed E-state index contributed by atoms with van der Waals surface area (Å²) in [6, 6.07) is 8.28. The van der Waals surface area contributed by atoms with Gasteiger partial charge in [-0.05, 0) is 67.2 Å². The van der Waals surface area contributed by atoms with Crippen molar-refractivity contribution >= 4 is 27.7 Å². The summed E-state index contributed by atoms with van der Waals surface area (Å²) in [6.45, 7) is 6.59. The molecule has 2 heterocycles. The van der Waals surface area contributed by atoms with Crippen LogP contribution in [-0.4, -0.2) is 30.1 Å². The molecule has 0 aliphatic carbocycles. The van der Waals surface area contributed by atoms with Gasteiger partial charge in [0, 0.05) is 35.4 Å². The van der Waals surface area contributed by atoms with Crippen LogP contribution < -0.4 is 10.4 Å². The van der Waals surface area contributed by atoms with Crippen molar-refractivity contribution in [3.8, 4) is 23.3 Å². The molecule has 9 heteroatoms. The third kappa shape index (κ3) is 5.07. The number of hydrogen-bond donors (Lipinski definition) is 1. The van der Waals surface area contributed by atoms with Gasteiger partial charge in [0.2, 0.25) is 0 Å². The zero-order valence-electron chi connectivity index (χ0n) is 18.1. The zero-order valence-corrected chi connectivity index (χ0v) is 19.7. The molecule has 0 radical (unpaired) electrons. The lowest BCUT2D eigenvalue weighted by Gasteiger charge is -2.33. The minimum Gasteiger partial charge on any atom is -0.370 e. The number of carbonyl (C=O) groups excluding carboxylic acids is 1. The number of hydroxylamine groups is 1. The fraction of sp³-hybridized carbons (Fsp3) is 0.391. The Hall–Kier alpha value is -3.01. The van der Waals surface area contributed by atoms with Gasteiger partial charge in [0.15, 0.2) is 0 Å². The van der Waals surface area contributed by atoms with E-state index in [2.05, 4.69) is 32.5 Å². The van der Waals surface area contributed by atoms with Crippen LogP contribution >= 0.6 is 15.9 Å². The molecular weight excluding hydrogens is 477 g/mol. The lowest BCUT2D eigenvalue weighted by molar-refractivity contribution is -0.163. The molecule has 0 unspecified atom stereocenters. The highest BCUT2D eigenvalue weighted by Gasteiger charge is 2.28. The van der Waals surface area contributed by atoms with Crippen molar-refractivity contribution in [3.63, 3.8) is 0 Å². The number of nitrogens with zero attached hydrogens (tertiary/aromatic N) is 4. The maximum atomic E-state index is 14.2. The Morgan fingerprint density at radius 3 is 2.53 bits per heavy atom. The average molecular weight is 500 g/mol. The van der Waals surface area contributed by atoms with E-state index in [0.29, 0.717) is 52.9 Å². The van der Waals surface area contributed by atoms with Crippen molar-refractivity contribution in [2.75, 3.05) is 18.0 Å². The van der Waals surface area contributed by atoms with Crippen LogP contribution in [0.4, 0.5) is 10.2 Å². The van der Waals surface area contributed by atoms with Gasteiger partial charge in [-0.2, -0.15) is 10.5 Å². The van der Waals surface area contributed by atoms with E-state index in [9.17, 15) is 14.4 Å². The molecule has 3 rings (SSSR count). The zero-order chi connectivity index (χ0) is 23.5. The number of pyridine rings is 1. The smallest absolute Gasteiger partial charge is 0.329 e. The van der Waals surface area contributed by atoms with E-state index < -0.39 is 11.2 Å². The van der Waals surface area contributed by atoms with E-state index in [1.165, 1.54) is 12.1 Å². The lowest BCUT2D eigenvalue weighted by Crippen LogP contribution is -2.44. The first-order chi connectivity index (χ1) is 15.2. The Morgan fingerprint density at radius 1 is 1.28 bits per heavy atom. The molecule has 0 saturated carbocycles. The van der Waals surface area contributed by atoms with E-state index in [4.69, 9.17) is 10.1 Å². The number of carbonyl (C=O) groups is 1. The van der Waals surface area contributed by atoms with Gasteiger partial charge in [0.05, 0.1) is 11.0 Å². The summed E-state index contributed by atoms with van der Waals surface area (Å²) in [5.41, 5.74) is 3.55. The molecule has 7 nitrogen and oxygen atoms in total. The summed E-state index contributed by atoms with van der Waals surface area (Å²) in [7, 11) is 0. The Kier molecular flexibility index (Phi) is 7.12. The third-order valence-electron chi connectivity index (χ3n) is 5.23. The van der Waals surface area contributed by atoms with Gasteiger partial charge in [0.25, 0.3) is 0 Å². The van der Waals surface area contributed by atoms with E-state index in [1.54, 1.807) is 39.1 Å². The number of nitrogens with one attached hydrogen (secondary N) is 1. The van der Waals surface area contributed by atoms with Crippen molar-refractivity contribution in [1.29, 1.82) is 10.5 Å². The molecule has 1 aliphatic heterocycles. The third-order valence-corrected chi connectivity index (χ3v) is 5.83. The second kappa shape index (κ2) is 9.64. The number of rotatable bonds is 4. The number of piperidine rings is 1. The van der Waals surface area contributed by atoms with Gasteiger partial charge < -0.3 is 9.74 Å². The predicted molar refractivity (Wildman–Crippen MR) is 121 cm³/mol. The maximum Gasteiger partial charge on any atom is 0.329 e. The minimum atomic E-state index is -0.643. The van der Waals surface area contributed by atoms with Crippen LogP contribution in [0.15, 0.2) is 28.9 Å². The van der Waals surface area contributed by atoms with Gasteiger partial charge in [0.1, 0.15) is 29.3 Å². The Morgan fingerprint density at radius 2 is 1.97 bits per heavy atom. The van der Waals surface area contributed by atoms with E-state index in [0.717, 1.165) is 0 Å². The molecule has 1 aliphatic rings. The van der Waals surface area contributed by atoms with Gasteiger partial charge in [-0.15, -0.1) is 5.48 Å². The first-order valence-corrected chi connectivity index (χ1v) is 11.0. The van der Waals surface area contributed by atoms with Crippen LogP contribution in [0.25, 0.3) is 11.1 Å². The van der Waals surface area contributed by atoms with E-state index >= 15 is 0 Å². The van der Waals surface area contributed by atoms with Gasteiger partial charge in [-0.3, -0.25) is 0 Å². The van der Waals surface area contributed by atoms with Crippen molar-refractivity contribution in [1.82, 2.24) is 10.5 Å². The first-order valence-electron chi connectivity index (χ1n) is 10.2. The second-order valence-electron chi connectivity index (χ2n) is 8.62. The number of anilines is 1. The number of hydrogen-bond acceptors (Lipinski definition) is 7. The van der Waals surface area contributed by atoms with E-state index in [-0.39, 0.29) is 17.6 Å². The first kappa shape index (κ1) is 23.6. The summed E-state index contributed by atoms with van der Waals surface area (Å²) in [5, 5.41) is 18.9. The maximum absolute atomic E-state index is 14.2. The topological polar surface area (TPSA) is 102 Å². The minimum absolute atomic E-state index is 0.00521. The molecule has 2 aromatic rings. The van der Waals surface area contributed by atoms with Gasteiger partial charge in [-0.1, -0.05) is 6.07 Å². The highest BCUT2D eigenvalue weighted by molar-refractivity contribution is 9.10. The predicted octanol–water partition coefficient (Wildman–Crippen LogP) is 4.46. The van der Waals surface area contributed by atoms with Gasteiger partial charge in [-0.25, -0.2) is 14.2 Å². The number of halogens is 2. The Labute approximate surface area is 194 Å². The van der Waals surface area contributed by atoms with Crippen LogP contribution in [0.3, 0.4) is 0 Å². The van der Waals surface area contributed by atoms with E-state index in [1.807, 2.05) is 4.90 Å². The SMILES string of the molecule is CC(C)(C)C(=O)ONC1CCN(c2ncc(Br)c(-c3ccc(C#N)c(F)c3)c2C#N)CC1. The highest BCUT2D eigenvalue weighted by atomic mass is 79.9. The van der Waals surface area contributed by atoms with Gasteiger partial charge >= 0.3 is 5.97 Å². The van der Waals surface area contributed by atoms with Crippen molar-refractivity contribution < 1.29 is 14.0 Å². The monoisotopic (exact) mass is 499 g/mol. The Balaban J connectivity index is 1.80. The molecule has 1 aromatic heterocycles. The summed E-state index contributed by atoms with van der Waals surface area (Å²) >= 11 is 3.42. The largest absolute Gasteiger partial charge is 0.370 e. The van der Waals surface area contributed by atoms with Crippen molar-refractivity contribution in [2.45, 2.75) is 39.7 Å². The van der Waals surface area contributed by atoms with Crippen LogP contribution in [0.5, 0.6) is 0 Å². The fourth-order valence-electron chi connectivity index (χ4n) is 3.37. The van der Waals surface area contributed by atoms with Crippen molar-refractivity contribution in [2.24, 2.45) is 5.41 Å². The Bertz CT molecular complexity index is 1110. The molecular formula is C23H23BrFN5O2. The molecule has 1 saturated heterocycles. The second-order valence-corrected chi connectivity index (χ2v) is 9.47. The fourth-order valence-corrected chi connectivity index (χ4v) is 3.90. The number of benzene rings is 1. The normalized spacial score (nSPS) is 14.5. The lowest BCUT2D eigenvalue weighted by atomic mass is 9.97. The van der Waals surface area contributed by atoms with Crippen LogP contribution in [0, 0.1) is 33.9 Å². The quantitative estimate of drug-likeness (QED) is 0.619.